The lowest BCUT2D eigenvalue weighted by atomic mass is 9.68. The summed E-state index contributed by atoms with van der Waals surface area (Å²) in [5.41, 5.74) is 0.641. The molecule has 2 aliphatic heterocycles. The van der Waals surface area contributed by atoms with E-state index in [1.165, 1.54) is 78.0 Å². The van der Waals surface area contributed by atoms with E-state index in [0.29, 0.717) is 11.3 Å². The number of piperazine rings is 1. The molecule has 3 fully saturated rings. The molecule has 0 radical (unpaired) electrons. The van der Waals surface area contributed by atoms with Crippen LogP contribution in [0.25, 0.3) is 0 Å². The Labute approximate surface area is 171 Å². The number of aliphatic imine (C=N–C) groups is 1. The largest absolute Gasteiger partial charge is 0.356 e. The van der Waals surface area contributed by atoms with E-state index in [0.717, 1.165) is 12.5 Å². The van der Waals surface area contributed by atoms with Crippen LogP contribution in [0.1, 0.15) is 39.5 Å². The van der Waals surface area contributed by atoms with Crippen LogP contribution in [-0.4, -0.2) is 86.6 Å². The predicted molar refractivity (Wildman–Crippen MR) is 117 cm³/mol. The molecule has 2 saturated heterocycles. The Bertz CT molecular complexity index is 430. The van der Waals surface area contributed by atoms with E-state index in [9.17, 15) is 0 Å². The number of hydrogen-bond acceptors (Lipinski definition) is 3. The molecule has 1 atom stereocenters. The zero-order valence-corrected chi connectivity index (χ0v) is 18.8. The molecular weight excluding hydrogens is 425 g/mol. The summed E-state index contributed by atoms with van der Waals surface area (Å²) in [6.07, 6.45) is 5.66. The van der Waals surface area contributed by atoms with Crippen molar-refractivity contribution in [1.29, 1.82) is 0 Å². The van der Waals surface area contributed by atoms with Crippen molar-refractivity contribution in [2.45, 2.75) is 39.5 Å². The number of guanidine groups is 1. The molecule has 3 rings (SSSR count). The molecule has 1 saturated carbocycles. The summed E-state index contributed by atoms with van der Waals surface area (Å²) in [5.74, 6) is 1.79. The Morgan fingerprint density at radius 2 is 1.76 bits per heavy atom. The summed E-state index contributed by atoms with van der Waals surface area (Å²) < 4.78 is 0. The van der Waals surface area contributed by atoms with Gasteiger partial charge in [-0.15, -0.1) is 24.0 Å². The van der Waals surface area contributed by atoms with E-state index in [1.54, 1.807) is 0 Å². The molecule has 0 amide bonds. The number of halogens is 1. The minimum atomic E-state index is 0. The number of nitrogens with one attached hydrogen (secondary N) is 1. The van der Waals surface area contributed by atoms with Crippen molar-refractivity contribution in [3.8, 4) is 0 Å². The zero-order valence-electron chi connectivity index (χ0n) is 16.5. The van der Waals surface area contributed by atoms with Crippen molar-refractivity contribution in [2.24, 2.45) is 16.3 Å². The number of hydrogen-bond donors (Lipinski definition) is 1. The van der Waals surface area contributed by atoms with Gasteiger partial charge in [0.1, 0.15) is 0 Å². The molecule has 0 aromatic rings. The fraction of sp³-hybridized carbons (Fsp3) is 0.947. The molecule has 0 aromatic heterocycles. The molecule has 6 heteroatoms. The summed E-state index contributed by atoms with van der Waals surface area (Å²) in [6.45, 7) is 15.4. The van der Waals surface area contributed by atoms with E-state index in [4.69, 9.17) is 0 Å². The molecule has 5 nitrogen and oxygen atoms in total. The van der Waals surface area contributed by atoms with Gasteiger partial charge in [-0.05, 0) is 37.1 Å². The molecule has 1 spiro atoms. The van der Waals surface area contributed by atoms with Gasteiger partial charge in [0.05, 0.1) is 0 Å². The SMILES string of the molecule is CCN1CCN(CC(C)CNC(=NC)N2CCC3(CCC3)C2)CC1.I. The Hall–Kier alpha value is -0.0800. The van der Waals surface area contributed by atoms with E-state index >= 15 is 0 Å². The van der Waals surface area contributed by atoms with Gasteiger partial charge in [0.15, 0.2) is 5.96 Å². The second kappa shape index (κ2) is 9.74. The average Bonchev–Trinajstić information content (AvgIpc) is 3.02. The number of likely N-dealkylation sites (tertiary alicyclic amines) is 1. The van der Waals surface area contributed by atoms with Crippen LogP contribution >= 0.6 is 24.0 Å². The predicted octanol–water partition coefficient (Wildman–Crippen LogP) is 2.33. The fourth-order valence-electron chi connectivity index (χ4n) is 4.59. The van der Waals surface area contributed by atoms with Gasteiger partial charge in [-0.2, -0.15) is 0 Å². The quantitative estimate of drug-likeness (QED) is 0.386. The number of rotatable bonds is 5. The minimum Gasteiger partial charge on any atom is -0.356 e. The zero-order chi connectivity index (χ0) is 17.0. The number of nitrogens with zero attached hydrogens (tertiary/aromatic N) is 4. The molecule has 25 heavy (non-hydrogen) atoms. The van der Waals surface area contributed by atoms with Crippen LogP contribution in [0.5, 0.6) is 0 Å². The summed E-state index contributed by atoms with van der Waals surface area (Å²) in [6, 6.07) is 0. The average molecular weight is 463 g/mol. The highest BCUT2D eigenvalue weighted by Gasteiger charge is 2.43. The number of likely N-dealkylation sites (N-methyl/N-ethyl adjacent to an activating group) is 1. The third-order valence-corrected chi connectivity index (χ3v) is 6.45. The molecule has 1 unspecified atom stereocenters. The minimum absolute atomic E-state index is 0. The second-order valence-corrected chi connectivity index (χ2v) is 8.29. The first-order chi connectivity index (χ1) is 11.6. The summed E-state index contributed by atoms with van der Waals surface area (Å²) in [4.78, 5) is 12.2. The third kappa shape index (κ3) is 5.45. The van der Waals surface area contributed by atoms with Gasteiger partial charge in [0.2, 0.25) is 0 Å². The first kappa shape index (κ1) is 21.2. The van der Waals surface area contributed by atoms with Gasteiger partial charge in [-0.25, -0.2) is 0 Å². The first-order valence-corrected chi connectivity index (χ1v) is 10.0. The van der Waals surface area contributed by atoms with E-state index < -0.39 is 0 Å². The third-order valence-electron chi connectivity index (χ3n) is 6.45. The Morgan fingerprint density at radius 1 is 1.08 bits per heavy atom. The molecule has 146 valence electrons. The van der Waals surface area contributed by atoms with Crippen LogP contribution in [0.4, 0.5) is 0 Å². The van der Waals surface area contributed by atoms with Crippen LogP contribution in [-0.2, 0) is 0 Å². The van der Waals surface area contributed by atoms with E-state index in [2.05, 4.69) is 38.9 Å². The fourth-order valence-corrected chi connectivity index (χ4v) is 4.59. The standard InChI is InChI=1S/C19H37N5.HI/c1-4-22-10-12-23(13-11-22)15-17(2)14-21-18(20-3)24-9-8-19(16-24)6-5-7-19;/h17H,4-16H2,1-3H3,(H,20,21);1H. The van der Waals surface area contributed by atoms with Crippen molar-refractivity contribution >= 4 is 29.9 Å². The van der Waals surface area contributed by atoms with Crippen LogP contribution in [0.15, 0.2) is 4.99 Å². The monoisotopic (exact) mass is 463 g/mol. The maximum absolute atomic E-state index is 4.54. The molecule has 3 aliphatic rings. The second-order valence-electron chi connectivity index (χ2n) is 8.29. The Kier molecular flexibility index (Phi) is 8.27. The maximum Gasteiger partial charge on any atom is 0.193 e. The summed E-state index contributed by atoms with van der Waals surface area (Å²) >= 11 is 0. The molecular formula is C19H38IN5. The van der Waals surface area contributed by atoms with Crippen LogP contribution in [0.3, 0.4) is 0 Å². The van der Waals surface area contributed by atoms with Gasteiger partial charge in [0.25, 0.3) is 0 Å². The highest BCUT2D eigenvalue weighted by atomic mass is 127. The normalized spacial score (nSPS) is 25.6. The Morgan fingerprint density at radius 3 is 2.28 bits per heavy atom. The molecule has 2 heterocycles. The van der Waals surface area contributed by atoms with Gasteiger partial charge in [0, 0.05) is 59.4 Å². The van der Waals surface area contributed by atoms with Crippen LogP contribution in [0, 0.1) is 11.3 Å². The van der Waals surface area contributed by atoms with Crippen LogP contribution in [0.2, 0.25) is 0 Å². The first-order valence-electron chi connectivity index (χ1n) is 10.0. The maximum atomic E-state index is 4.54. The highest BCUT2D eigenvalue weighted by molar-refractivity contribution is 14.0. The van der Waals surface area contributed by atoms with Crippen LogP contribution < -0.4 is 5.32 Å². The highest BCUT2D eigenvalue weighted by Crippen LogP contribution is 2.47. The molecule has 1 aliphatic carbocycles. The van der Waals surface area contributed by atoms with E-state index in [1.807, 2.05) is 7.05 Å². The van der Waals surface area contributed by atoms with Crippen molar-refractivity contribution in [1.82, 2.24) is 20.0 Å². The molecule has 1 N–H and O–H groups in total. The van der Waals surface area contributed by atoms with Gasteiger partial charge < -0.3 is 20.0 Å². The van der Waals surface area contributed by atoms with Gasteiger partial charge in [-0.1, -0.05) is 20.3 Å². The Balaban J connectivity index is 0.00000225. The van der Waals surface area contributed by atoms with Gasteiger partial charge >= 0.3 is 0 Å². The lowest BCUT2D eigenvalue weighted by Gasteiger charge is -2.38. The summed E-state index contributed by atoms with van der Waals surface area (Å²) in [7, 11) is 1.93. The smallest absolute Gasteiger partial charge is 0.193 e. The summed E-state index contributed by atoms with van der Waals surface area (Å²) in [5, 5.41) is 3.65. The lowest BCUT2D eigenvalue weighted by molar-refractivity contribution is 0.124. The lowest BCUT2D eigenvalue weighted by Crippen LogP contribution is -2.49. The van der Waals surface area contributed by atoms with Crippen molar-refractivity contribution in [2.75, 3.05) is 66.0 Å². The topological polar surface area (TPSA) is 34.1 Å². The molecule has 0 aromatic carbocycles. The molecule has 0 bridgehead atoms. The van der Waals surface area contributed by atoms with E-state index in [-0.39, 0.29) is 24.0 Å². The van der Waals surface area contributed by atoms with Crippen molar-refractivity contribution < 1.29 is 0 Å². The van der Waals surface area contributed by atoms with Crippen molar-refractivity contribution in [3.05, 3.63) is 0 Å². The van der Waals surface area contributed by atoms with Crippen molar-refractivity contribution in [3.63, 3.8) is 0 Å². The van der Waals surface area contributed by atoms with Gasteiger partial charge in [-0.3, -0.25) is 4.99 Å².